The van der Waals surface area contributed by atoms with E-state index in [1.807, 2.05) is 12.4 Å². The number of aromatic nitrogens is 2. The molecule has 0 aliphatic heterocycles. The van der Waals surface area contributed by atoms with Gasteiger partial charge in [-0.3, -0.25) is 0 Å². The maximum absolute atomic E-state index is 5.70. The van der Waals surface area contributed by atoms with Gasteiger partial charge in [-0.1, -0.05) is 0 Å². The zero-order valence-electron chi connectivity index (χ0n) is 9.33. The van der Waals surface area contributed by atoms with E-state index in [9.17, 15) is 0 Å². The van der Waals surface area contributed by atoms with Gasteiger partial charge in [0.25, 0.3) is 0 Å². The second-order valence-electron chi connectivity index (χ2n) is 3.97. The van der Waals surface area contributed by atoms with Crippen molar-refractivity contribution in [2.45, 2.75) is 25.9 Å². The molecule has 2 heterocycles. The molecule has 2 aromatic heterocycles. The molecular weight excluding hydrogens is 222 g/mol. The van der Waals surface area contributed by atoms with Crippen LogP contribution in [0.4, 0.5) is 0 Å². The van der Waals surface area contributed by atoms with E-state index in [4.69, 9.17) is 11.6 Å². The van der Waals surface area contributed by atoms with Gasteiger partial charge in [-0.25, -0.2) is 4.98 Å². The van der Waals surface area contributed by atoms with Crippen LogP contribution in [-0.4, -0.2) is 21.9 Å². The van der Waals surface area contributed by atoms with E-state index in [1.54, 1.807) is 0 Å². The van der Waals surface area contributed by atoms with Crippen LogP contribution in [0.3, 0.4) is 0 Å². The molecule has 1 atom stereocenters. The van der Waals surface area contributed by atoms with Crippen LogP contribution in [0.15, 0.2) is 24.5 Å². The number of nitrogens with one attached hydrogen (secondary N) is 2. The van der Waals surface area contributed by atoms with Crippen LogP contribution in [0.25, 0.3) is 11.0 Å². The van der Waals surface area contributed by atoms with E-state index in [0.29, 0.717) is 11.9 Å². The zero-order valence-corrected chi connectivity index (χ0v) is 10.1. The molecule has 0 aliphatic rings. The summed E-state index contributed by atoms with van der Waals surface area (Å²) in [7, 11) is 0. The average molecular weight is 238 g/mol. The van der Waals surface area contributed by atoms with Crippen LogP contribution in [-0.2, 0) is 6.54 Å². The highest BCUT2D eigenvalue weighted by molar-refractivity contribution is 6.17. The summed E-state index contributed by atoms with van der Waals surface area (Å²) in [5.41, 5.74) is 2.22. The Morgan fingerprint density at radius 3 is 3.19 bits per heavy atom. The first-order valence-corrected chi connectivity index (χ1v) is 6.05. The Hall–Kier alpha value is -1.06. The van der Waals surface area contributed by atoms with Gasteiger partial charge in [0.15, 0.2) is 0 Å². The van der Waals surface area contributed by atoms with E-state index in [1.165, 1.54) is 10.9 Å². The van der Waals surface area contributed by atoms with Crippen LogP contribution in [0, 0.1) is 0 Å². The van der Waals surface area contributed by atoms with E-state index < -0.39 is 0 Å². The number of rotatable bonds is 5. The van der Waals surface area contributed by atoms with Crippen molar-refractivity contribution in [3.63, 3.8) is 0 Å². The van der Waals surface area contributed by atoms with Gasteiger partial charge in [-0.05, 0) is 31.0 Å². The molecule has 0 aromatic carbocycles. The summed E-state index contributed by atoms with van der Waals surface area (Å²) in [6, 6.07) is 4.56. The third kappa shape index (κ3) is 2.54. The normalized spacial score (nSPS) is 13.1. The lowest BCUT2D eigenvalue weighted by molar-refractivity contribution is 0.537. The first-order chi connectivity index (χ1) is 7.81. The summed E-state index contributed by atoms with van der Waals surface area (Å²) >= 11 is 5.70. The van der Waals surface area contributed by atoms with Gasteiger partial charge in [0.2, 0.25) is 0 Å². The van der Waals surface area contributed by atoms with Crippen LogP contribution >= 0.6 is 11.6 Å². The largest absolute Gasteiger partial charge is 0.346 e. The Kier molecular flexibility index (Phi) is 3.80. The second-order valence-corrected chi connectivity index (χ2v) is 4.35. The van der Waals surface area contributed by atoms with Crippen molar-refractivity contribution in [3.8, 4) is 0 Å². The molecule has 0 radical (unpaired) electrons. The Morgan fingerprint density at radius 1 is 1.50 bits per heavy atom. The van der Waals surface area contributed by atoms with Gasteiger partial charge in [-0.15, -0.1) is 11.6 Å². The molecule has 0 saturated heterocycles. The smallest absolute Gasteiger partial charge is 0.137 e. The molecule has 2 rings (SSSR count). The predicted molar refractivity (Wildman–Crippen MR) is 67.7 cm³/mol. The average Bonchev–Trinajstić information content (AvgIpc) is 2.75. The summed E-state index contributed by atoms with van der Waals surface area (Å²) in [6.07, 6.45) is 4.74. The summed E-state index contributed by atoms with van der Waals surface area (Å²) in [5.74, 6) is 0.698. The minimum Gasteiger partial charge on any atom is -0.346 e. The fourth-order valence-electron chi connectivity index (χ4n) is 1.72. The molecule has 86 valence electrons. The lowest BCUT2D eigenvalue weighted by Crippen LogP contribution is -2.25. The highest BCUT2D eigenvalue weighted by Crippen LogP contribution is 2.14. The zero-order chi connectivity index (χ0) is 11.4. The molecule has 2 N–H and O–H groups in total. The van der Waals surface area contributed by atoms with Crippen molar-refractivity contribution >= 4 is 22.6 Å². The topological polar surface area (TPSA) is 40.7 Å². The van der Waals surface area contributed by atoms with Crippen molar-refractivity contribution in [3.05, 3.63) is 30.1 Å². The summed E-state index contributed by atoms with van der Waals surface area (Å²) in [5, 5.41) is 4.64. The Labute approximate surface area is 100 Å². The molecule has 0 bridgehead atoms. The Morgan fingerprint density at radius 2 is 2.38 bits per heavy atom. The van der Waals surface area contributed by atoms with Crippen molar-refractivity contribution in [1.29, 1.82) is 0 Å². The first-order valence-electron chi connectivity index (χ1n) is 5.51. The monoisotopic (exact) mass is 237 g/mol. The van der Waals surface area contributed by atoms with Crippen molar-refractivity contribution in [1.82, 2.24) is 15.3 Å². The van der Waals surface area contributed by atoms with Gasteiger partial charge in [-0.2, -0.15) is 0 Å². The van der Waals surface area contributed by atoms with Crippen LogP contribution in [0.5, 0.6) is 0 Å². The van der Waals surface area contributed by atoms with Gasteiger partial charge in [0.05, 0.1) is 0 Å². The Balaban J connectivity index is 2.06. The molecule has 0 fully saturated rings. The molecule has 3 nitrogen and oxygen atoms in total. The van der Waals surface area contributed by atoms with E-state index >= 15 is 0 Å². The maximum atomic E-state index is 5.70. The van der Waals surface area contributed by atoms with Gasteiger partial charge < -0.3 is 10.3 Å². The van der Waals surface area contributed by atoms with Crippen molar-refractivity contribution in [2.75, 3.05) is 5.88 Å². The van der Waals surface area contributed by atoms with Crippen LogP contribution in [0.1, 0.15) is 18.9 Å². The highest BCUT2D eigenvalue weighted by Gasteiger charge is 2.04. The third-order valence-electron chi connectivity index (χ3n) is 2.73. The van der Waals surface area contributed by atoms with Gasteiger partial charge >= 0.3 is 0 Å². The minimum absolute atomic E-state index is 0.444. The second kappa shape index (κ2) is 5.32. The van der Waals surface area contributed by atoms with Gasteiger partial charge in [0, 0.05) is 36.2 Å². The van der Waals surface area contributed by atoms with E-state index in [-0.39, 0.29) is 0 Å². The highest BCUT2D eigenvalue weighted by atomic mass is 35.5. The predicted octanol–water partition coefficient (Wildman–Crippen LogP) is 2.67. The van der Waals surface area contributed by atoms with Crippen LogP contribution in [0.2, 0.25) is 0 Å². The fourth-order valence-corrected chi connectivity index (χ4v) is 2.05. The van der Waals surface area contributed by atoms with Crippen LogP contribution < -0.4 is 5.32 Å². The number of pyridine rings is 1. The summed E-state index contributed by atoms with van der Waals surface area (Å²) in [6.45, 7) is 3.01. The van der Waals surface area contributed by atoms with Gasteiger partial charge in [0.1, 0.15) is 5.65 Å². The lowest BCUT2D eigenvalue weighted by Gasteiger charge is -2.12. The molecule has 0 unspecified atom stereocenters. The standard InChI is InChI=1S/C12H16ClN3/c1-9(2-5-13)16-8-10-3-6-14-12-11(10)4-7-15-12/h3-4,6-7,9,16H,2,5,8H2,1H3,(H,14,15)/t9-/m0/s1. The molecular formula is C12H16ClN3. The third-order valence-corrected chi connectivity index (χ3v) is 2.95. The quantitative estimate of drug-likeness (QED) is 0.785. The molecule has 16 heavy (non-hydrogen) atoms. The fraction of sp³-hybridized carbons (Fsp3) is 0.417. The molecule has 4 heteroatoms. The number of H-pyrrole nitrogens is 1. The minimum atomic E-state index is 0.444. The SMILES string of the molecule is C[C@@H](CCCl)NCc1ccnc2[nH]ccc12. The summed E-state index contributed by atoms with van der Waals surface area (Å²) < 4.78 is 0. The number of nitrogens with zero attached hydrogens (tertiary/aromatic N) is 1. The maximum Gasteiger partial charge on any atom is 0.137 e. The number of aromatic amines is 1. The van der Waals surface area contributed by atoms with E-state index in [0.717, 1.165) is 18.6 Å². The number of fused-ring (bicyclic) bond motifs is 1. The number of hydrogen-bond donors (Lipinski definition) is 2. The molecule has 0 spiro atoms. The molecule has 0 aliphatic carbocycles. The Bertz CT molecular complexity index is 452. The van der Waals surface area contributed by atoms with E-state index in [2.05, 4.69) is 34.3 Å². The molecule has 0 saturated carbocycles. The number of alkyl halides is 1. The first kappa shape index (κ1) is 11.4. The number of halogens is 1. The molecule has 2 aromatic rings. The molecule has 0 amide bonds. The van der Waals surface area contributed by atoms with Crippen molar-refractivity contribution < 1.29 is 0 Å². The lowest BCUT2D eigenvalue weighted by atomic mass is 10.1. The number of hydrogen-bond acceptors (Lipinski definition) is 2. The van der Waals surface area contributed by atoms with Crippen molar-refractivity contribution in [2.24, 2.45) is 0 Å². The summed E-state index contributed by atoms with van der Waals surface area (Å²) in [4.78, 5) is 7.37.